The fourth-order valence-electron chi connectivity index (χ4n) is 4.84. The van der Waals surface area contributed by atoms with Crippen LogP contribution in [-0.2, 0) is 10.2 Å². The number of anilines is 1. The summed E-state index contributed by atoms with van der Waals surface area (Å²) < 4.78 is 11.4. The molecule has 0 saturated heterocycles. The molecule has 0 aromatic heterocycles. The molecule has 0 radical (unpaired) electrons. The molecule has 2 N–H and O–H groups in total. The zero-order valence-corrected chi connectivity index (χ0v) is 19.0. The van der Waals surface area contributed by atoms with E-state index in [1.807, 2.05) is 24.3 Å². The molecule has 3 aromatic carbocycles. The summed E-state index contributed by atoms with van der Waals surface area (Å²) in [6, 6.07) is 24.7. The Hall–Kier alpha value is -3.80. The van der Waals surface area contributed by atoms with E-state index in [1.165, 1.54) is 18.4 Å². The average molecular weight is 457 g/mol. The van der Waals surface area contributed by atoms with Gasteiger partial charge in [0.2, 0.25) is 6.10 Å². The first-order valence-corrected chi connectivity index (χ1v) is 11.8. The van der Waals surface area contributed by atoms with Gasteiger partial charge in [0.25, 0.3) is 11.8 Å². The fraction of sp³-hybridized carbons (Fsp3) is 0.286. The van der Waals surface area contributed by atoms with Crippen molar-refractivity contribution in [2.24, 2.45) is 0 Å². The number of fused-ring (bicyclic) bond motifs is 1. The highest BCUT2D eigenvalue weighted by molar-refractivity contribution is 5.97. The van der Waals surface area contributed by atoms with Gasteiger partial charge in [-0.15, -0.1) is 0 Å². The molecule has 1 aliphatic heterocycles. The van der Waals surface area contributed by atoms with Gasteiger partial charge in [0.15, 0.2) is 11.5 Å². The van der Waals surface area contributed by atoms with Gasteiger partial charge in [-0.3, -0.25) is 9.59 Å². The van der Waals surface area contributed by atoms with Crippen molar-refractivity contribution >= 4 is 17.5 Å². The molecule has 1 saturated carbocycles. The van der Waals surface area contributed by atoms with Crippen LogP contribution in [0.3, 0.4) is 0 Å². The Morgan fingerprint density at radius 3 is 2.26 bits per heavy atom. The summed E-state index contributed by atoms with van der Waals surface area (Å²) in [7, 11) is 0. The van der Waals surface area contributed by atoms with Gasteiger partial charge in [0.1, 0.15) is 6.61 Å². The van der Waals surface area contributed by atoms with E-state index in [9.17, 15) is 9.59 Å². The molecule has 6 nitrogen and oxygen atoms in total. The number of rotatable bonds is 6. The molecule has 0 spiro atoms. The van der Waals surface area contributed by atoms with Crippen LogP contribution in [0.15, 0.2) is 78.9 Å². The summed E-state index contributed by atoms with van der Waals surface area (Å²) in [6.07, 6.45) is 3.79. The molecule has 34 heavy (non-hydrogen) atoms. The molecular weight excluding hydrogens is 428 g/mol. The van der Waals surface area contributed by atoms with Gasteiger partial charge in [-0.05, 0) is 54.8 Å². The van der Waals surface area contributed by atoms with E-state index in [-0.39, 0.29) is 23.8 Å². The molecule has 1 aliphatic carbocycles. The predicted molar refractivity (Wildman–Crippen MR) is 130 cm³/mol. The second-order valence-corrected chi connectivity index (χ2v) is 8.97. The number of ether oxygens (including phenoxy) is 2. The van der Waals surface area contributed by atoms with Gasteiger partial charge in [0, 0.05) is 23.2 Å². The van der Waals surface area contributed by atoms with Crippen molar-refractivity contribution in [3.05, 3.63) is 90.0 Å². The third-order valence-electron chi connectivity index (χ3n) is 6.75. The molecule has 2 aliphatic rings. The highest BCUT2D eigenvalue weighted by Gasteiger charge is 2.35. The Labute approximate surface area is 199 Å². The molecular formula is C28H28N2O4. The predicted octanol–water partition coefficient (Wildman–Crippen LogP) is 4.71. The van der Waals surface area contributed by atoms with Crippen LogP contribution >= 0.6 is 0 Å². The number of hydrogen-bond acceptors (Lipinski definition) is 4. The standard InChI is InChI=1S/C28H28N2O4/c31-26(29-19-28(16-6-7-17-28)21-8-2-1-3-9-21)20-12-14-22(15-13-20)30-27(32)25-18-33-23-10-4-5-11-24(23)34-25/h1-5,8-15,25H,6-7,16-19H2,(H,29,31)(H,30,32)/t25-/m0/s1. The fourth-order valence-corrected chi connectivity index (χ4v) is 4.84. The summed E-state index contributed by atoms with van der Waals surface area (Å²) in [5.74, 6) is 0.781. The van der Waals surface area contributed by atoms with Crippen molar-refractivity contribution in [2.45, 2.75) is 37.2 Å². The number of amides is 2. The van der Waals surface area contributed by atoms with E-state index in [0.29, 0.717) is 29.3 Å². The zero-order valence-electron chi connectivity index (χ0n) is 19.0. The Kier molecular flexibility index (Phi) is 6.21. The van der Waals surface area contributed by atoms with Crippen molar-refractivity contribution < 1.29 is 19.1 Å². The van der Waals surface area contributed by atoms with E-state index in [2.05, 4.69) is 34.9 Å². The minimum atomic E-state index is -0.738. The molecule has 1 heterocycles. The van der Waals surface area contributed by atoms with Crippen molar-refractivity contribution in [2.75, 3.05) is 18.5 Å². The number of carbonyl (C=O) groups excluding carboxylic acids is 2. The first-order chi connectivity index (χ1) is 16.6. The largest absolute Gasteiger partial charge is 0.485 e. The molecule has 0 bridgehead atoms. The van der Waals surface area contributed by atoms with E-state index >= 15 is 0 Å². The Morgan fingerprint density at radius 1 is 0.853 bits per heavy atom. The maximum Gasteiger partial charge on any atom is 0.269 e. The van der Waals surface area contributed by atoms with E-state index < -0.39 is 6.10 Å². The number of para-hydroxylation sites is 2. The molecule has 3 aromatic rings. The lowest BCUT2D eigenvalue weighted by Crippen LogP contribution is -2.40. The van der Waals surface area contributed by atoms with Gasteiger partial charge in [0.05, 0.1) is 0 Å². The van der Waals surface area contributed by atoms with Crippen LogP contribution < -0.4 is 20.1 Å². The van der Waals surface area contributed by atoms with Crippen LogP contribution in [0.5, 0.6) is 11.5 Å². The first-order valence-electron chi connectivity index (χ1n) is 11.8. The van der Waals surface area contributed by atoms with Crippen LogP contribution in [0.1, 0.15) is 41.6 Å². The SMILES string of the molecule is O=C(NCC1(c2ccccc2)CCCC1)c1ccc(NC(=O)[C@@H]2COc3ccccc3O2)cc1. The van der Waals surface area contributed by atoms with Crippen LogP contribution in [0.4, 0.5) is 5.69 Å². The maximum absolute atomic E-state index is 12.8. The Bertz CT molecular complexity index is 1150. The average Bonchev–Trinajstić information content (AvgIpc) is 3.38. The molecule has 5 rings (SSSR count). The van der Waals surface area contributed by atoms with E-state index in [1.54, 1.807) is 30.3 Å². The van der Waals surface area contributed by atoms with Crippen LogP contribution in [0.25, 0.3) is 0 Å². The van der Waals surface area contributed by atoms with Crippen LogP contribution in [0, 0.1) is 0 Å². The van der Waals surface area contributed by atoms with E-state index in [4.69, 9.17) is 9.47 Å². The first kappa shape index (κ1) is 22.0. The molecule has 174 valence electrons. The summed E-state index contributed by atoms with van der Waals surface area (Å²) in [4.78, 5) is 25.5. The summed E-state index contributed by atoms with van der Waals surface area (Å²) in [5, 5.41) is 5.98. The minimum Gasteiger partial charge on any atom is -0.485 e. The molecule has 6 heteroatoms. The van der Waals surface area contributed by atoms with Crippen molar-refractivity contribution in [3.8, 4) is 11.5 Å². The topological polar surface area (TPSA) is 76.7 Å². The number of hydrogen-bond donors (Lipinski definition) is 2. The van der Waals surface area contributed by atoms with Crippen molar-refractivity contribution in [1.82, 2.24) is 5.32 Å². The second-order valence-electron chi connectivity index (χ2n) is 8.97. The number of nitrogens with one attached hydrogen (secondary N) is 2. The normalized spacial score (nSPS) is 18.2. The second kappa shape index (κ2) is 9.59. The summed E-state index contributed by atoms with van der Waals surface area (Å²) in [5.41, 5.74) is 2.46. The Balaban J connectivity index is 1.18. The number of carbonyl (C=O) groups is 2. The monoisotopic (exact) mass is 456 g/mol. The van der Waals surface area contributed by atoms with Crippen molar-refractivity contribution in [1.29, 1.82) is 0 Å². The maximum atomic E-state index is 12.8. The summed E-state index contributed by atoms with van der Waals surface area (Å²) >= 11 is 0. The zero-order chi connectivity index (χ0) is 23.4. The minimum absolute atomic E-state index is 0.00548. The lowest BCUT2D eigenvalue weighted by Gasteiger charge is -2.30. The Morgan fingerprint density at radius 2 is 1.53 bits per heavy atom. The summed E-state index contributed by atoms with van der Waals surface area (Å²) in [6.45, 7) is 0.765. The quantitative estimate of drug-likeness (QED) is 0.563. The van der Waals surface area contributed by atoms with Gasteiger partial charge in [-0.2, -0.15) is 0 Å². The molecule has 0 unspecified atom stereocenters. The van der Waals surface area contributed by atoms with Gasteiger partial charge in [-0.25, -0.2) is 0 Å². The van der Waals surface area contributed by atoms with E-state index in [0.717, 1.165) is 12.8 Å². The van der Waals surface area contributed by atoms with Crippen LogP contribution in [0.2, 0.25) is 0 Å². The molecule has 2 amide bonds. The molecule has 1 fully saturated rings. The molecule has 1 atom stereocenters. The van der Waals surface area contributed by atoms with Gasteiger partial charge < -0.3 is 20.1 Å². The smallest absolute Gasteiger partial charge is 0.269 e. The van der Waals surface area contributed by atoms with Crippen molar-refractivity contribution in [3.63, 3.8) is 0 Å². The van der Waals surface area contributed by atoms with Gasteiger partial charge >= 0.3 is 0 Å². The number of benzene rings is 3. The lowest BCUT2D eigenvalue weighted by atomic mass is 9.79. The highest BCUT2D eigenvalue weighted by atomic mass is 16.6. The lowest BCUT2D eigenvalue weighted by molar-refractivity contribution is -0.125. The third-order valence-corrected chi connectivity index (χ3v) is 6.75. The third kappa shape index (κ3) is 4.62. The highest BCUT2D eigenvalue weighted by Crippen LogP contribution is 2.40. The van der Waals surface area contributed by atoms with Crippen LogP contribution in [-0.4, -0.2) is 31.1 Å². The van der Waals surface area contributed by atoms with Gasteiger partial charge in [-0.1, -0.05) is 55.3 Å².